The standard InChI is InChI=1S/C22H22N6O2/c1-13-14(2)27-20-18(21(23)25-12-19(20)26-13)4-3-15-9-16(11-24-10-15)22(30)28-7-5-17(29)6-8-28/h9-12,17,29H,5-8H2,1-2H3,(H2,23,25). The number of pyridine rings is 2. The molecule has 30 heavy (non-hydrogen) atoms. The molecule has 1 saturated heterocycles. The van der Waals surface area contributed by atoms with Crippen LogP contribution in [0, 0.1) is 25.7 Å². The van der Waals surface area contributed by atoms with Crippen molar-refractivity contribution < 1.29 is 9.90 Å². The molecule has 3 aromatic heterocycles. The minimum absolute atomic E-state index is 0.110. The topological polar surface area (TPSA) is 118 Å². The van der Waals surface area contributed by atoms with Gasteiger partial charge in [-0.2, -0.15) is 0 Å². The molecule has 1 amide bonds. The second-order valence-electron chi connectivity index (χ2n) is 7.38. The molecule has 1 fully saturated rings. The Kier molecular flexibility index (Phi) is 5.29. The molecule has 0 saturated carbocycles. The van der Waals surface area contributed by atoms with E-state index in [0.717, 1.165) is 11.4 Å². The summed E-state index contributed by atoms with van der Waals surface area (Å²) in [5, 5.41) is 9.64. The lowest BCUT2D eigenvalue weighted by Gasteiger charge is -2.29. The van der Waals surface area contributed by atoms with Gasteiger partial charge in [-0.3, -0.25) is 9.78 Å². The summed E-state index contributed by atoms with van der Waals surface area (Å²) in [5.74, 6) is 6.22. The van der Waals surface area contributed by atoms with E-state index in [2.05, 4.69) is 31.8 Å². The number of rotatable bonds is 1. The zero-order chi connectivity index (χ0) is 21.3. The first-order valence-corrected chi connectivity index (χ1v) is 9.76. The van der Waals surface area contributed by atoms with Crippen molar-refractivity contribution in [2.24, 2.45) is 0 Å². The average Bonchev–Trinajstić information content (AvgIpc) is 2.74. The third kappa shape index (κ3) is 3.93. The van der Waals surface area contributed by atoms with Gasteiger partial charge < -0.3 is 15.7 Å². The molecule has 0 spiro atoms. The maximum absolute atomic E-state index is 12.7. The lowest BCUT2D eigenvalue weighted by atomic mass is 10.1. The van der Waals surface area contributed by atoms with Gasteiger partial charge in [-0.15, -0.1) is 0 Å². The van der Waals surface area contributed by atoms with Crippen LogP contribution in [0.25, 0.3) is 11.0 Å². The Balaban J connectivity index is 1.65. The number of nitrogens with zero attached hydrogens (tertiary/aromatic N) is 5. The summed E-state index contributed by atoms with van der Waals surface area (Å²) < 4.78 is 0. The van der Waals surface area contributed by atoms with Gasteiger partial charge in [-0.1, -0.05) is 11.8 Å². The molecule has 1 aliphatic heterocycles. The highest BCUT2D eigenvalue weighted by molar-refractivity contribution is 5.94. The lowest BCUT2D eigenvalue weighted by molar-refractivity contribution is 0.0546. The third-order valence-electron chi connectivity index (χ3n) is 5.22. The molecule has 0 aliphatic carbocycles. The number of hydrogen-bond acceptors (Lipinski definition) is 7. The van der Waals surface area contributed by atoms with E-state index < -0.39 is 0 Å². The number of anilines is 1. The summed E-state index contributed by atoms with van der Waals surface area (Å²) in [7, 11) is 0. The van der Waals surface area contributed by atoms with Crippen LogP contribution in [0.3, 0.4) is 0 Å². The molecule has 0 bridgehead atoms. The molecule has 0 radical (unpaired) electrons. The number of fused-ring (bicyclic) bond motifs is 1. The molecule has 4 heterocycles. The van der Waals surface area contributed by atoms with Crippen LogP contribution < -0.4 is 5.73 Å². The van der Waals surface area contributed by atoms with Gasteiger partial charge in [0.05, 0.1) is 34.8 Å². The highest BCUT2D eigenvalue weighted by Crippen LogP contribution is 2.20. The van der Waals surface area contributed by atoms with Crippen LogP contribution in [0.4, 0.5) is 5.82 Å². The molecule has 0 atom stereocenters. The second kappa shape index (κ2) is 8.05. The molecular formula is C22H22N6O2. The third-order valence-corrected chi connectivity index (χ3v) is 5.22. The molecule has 0 unspecified atom stereocenters. The first kappa shape index (κ1) is 19.7. The van der Waals surface area contributed by atoms with Gasteiger partial charge in [0.2, 0.25) is 0 Å². The normalized spacial score (nSPS) is 14.4. The summed E-state index contributed by atoms with van der Waals surface area (Å²) in [4.78, 5) is 31.9. The number of hydrogen-bond donors (Lipinski definition) is 2. The number of carbonyl (C=O) groups is 1. The van der Waals surface area contributed by atoms with E-state index in [4.69, 9.17) is 5.73 Å². The van der Waals surface area contributed by atoms with Gasteiger partial charge in [0.1, 0.15) is 16.9 Å². The number of aryl methyl sites for hydroxylation is 2. The Morgan fingerprint density at radius 3 is 2.63 bits per heavy atom. The highest BCUT2D eigenvalue weighted by atomic mass is 16.3. The van der Waals surface area contributed by atoms with Crippen molar-refractivity contribution in [1.29, 1.82) is 0 Å². The molecule has 3 aromatic rings. The van der Waals surface area contributed by atoms with E-state index in [1.807, 2.05) is 13.8 Å². The molecule has 8 heteroatoms. The van der Waals surface area contributed by atoms with Gasteiger partial charge >= 0.3 is 0 Å². The number of piperidine rings is 1. The Morgan fingerprint density at radius 2 is 1.87 bits per heavy atom. The van der Waals surface area contributed by atoms with Crippen LogP contribution in [-0.2, 0) is 0 Å². The monoisotopic (exact) mass is 402 g/mol. The second-order valence-corrected chi connectivity index (χ2v) is 7.38. The minimum atomic E-state index is -0.334. The summed E-state index contributed by atoms with van der Waals surface area (Å²) >= 11 is 0. The zero-order valence-corrected chi connectivity index (χ0v) is 16.9. The van der Waals surface area contributed by atoms with Crippen molar-refractivity contribution in [1.82, 2.24) is 24.8 Å². The predicted molar refractivity (Wildman–Crippen MR) is 113 cm³/mol. The largest absolute Gasteiger partial charge is 0.393 e. The van der Waals surface area contributed by atoms with Crippen molar-refractivity contribution in [3.8, 4) is 11.8 Å². The van der Waals surface area contributed by atoms with Crippen LogP contribution in [0.15, 0.2) is 24.7 Å². The van der Waals surface area contributed by atoms with Crippen LogP contribution in [-0.4, -0.2) is 55.0 Å². The Morgan fingerprint density at radius 1 is 1.13 bits per heavy atom. The van der Waals surface area contributed by atoms with Gasteiger partial charge in [0, 0.05) is 31.0 Å². The van der Waals surface area contributed by atoms with Gasteiger partial charge in [-0.05, 0) is 32.8 Å². The summed E-state index contributed by atoms with van der Waals surface area (Å²) in [5.41, 5.74) is 10.5. The molecule has 1 aliphatic rings. The molecule has 152 valence electrons. The van der Waals surface area contributed by atoms with Crippen LogP contribution in [0.2, 0.25) is 0 Å². The number of aliphatic hydroxyl groups excluding tert-OH is 1. The fourth-order valence-electron chi connectivity index (χ4n) is 3.35. The number of amides is 1. The van der Waals surface area contributed by atoms with Gasteiger partial charge in [0.15, 0.2) is 0 Å². The Bertz CT molecular complexity index is 1190. The molecule has 4 rings (SSSR count). The van der Waals surface area contributed by atoms with Crippen LogP contribution in [0.1, 0.15) is 45.7 Å². The zero-order valence-electron chi connectivity index (χ0n) is 16.9. The summed E-state index contributed by atoms with van der Waals surface area (Å²) in [6.07, 6.45) is 5.56. The fraction of sp³-hybridized carbons (Fsp3) is 0.318. The Hall–Kier alpha value is -3.57. The summed E-state index contributed by atoms with van der Waals surface area (Å²) in [6.45, 7) is 4.84. The van der Waals surface area contributed by atoms with E-state index in [0.29, 0.717) is 53.7 Å². The molecule has 3 N–H and O–H groups in total. The predicted octanol–water partition coefficient (Wildman–Crippen LogP) is 1.62. The number of nitrogen functional groups attached to an aromatic ring is 1. The minimum Gasteiger partial charge on any atom is -0.393 e. The van der Waals surface area contributed by atoms with E-state index in [9.17, 15) is 9.90 Å². The van der Waals surface area contributed by atoms with Crippen molar-refractivity contribution >= 4 is 22.8 Å². The van der Waals surface area contributed by atoms with E-state index >= 15 is 0 Å². The van der Waals surface area contributed by atoms with Gasteiger partial charge in [-0.25, -0.2) is 15.0 Å². The van der Waals surface area contributed by atoms with Crippen LogP contribution in [0.5, 0.6) is 0 Å². The highest BCUT2D eigenvalue weighted by Gasteiger charge is 2.22. The molecular weight excluding hydrogens is 380 g/mol. The number of carbonyl (C=O) groups excluding carboxylic acids is 1. The van der Waals surface area contributed by atoms with Crippen molar-refractivity contribution in [2.75, 3.05) is 18.8 Å². The maximum atomic E-state index is 12.7. The lowest BCUT2D eigenvalue weighted by Crippen LogP contribution is -2.40. The number of aromatic nitrogens is 4. The summed E-state index contributed by atoms with van der Waals surface area (Å²) in [6, 6.07) is 1.71. The van der Waals surface area contributed by atoms with E-state index in [1.54, 1.807) is 23.4 Å². The molecule has 8 nitrogen and oxygen atoms in total. The van der Waals surface area contributed by atoms with Crippen molar-refractivity contribution in [2.45, 2.75) is 32.8 Å². The number of nitrogens with two attached hydrogens (primary N) is 1. The molecule has 0 aromatic carbocycles. The van der Waals surface area contributed by atoms with Crippen LogP contribution >= 0.6 is 0 Å². The van der Waals surface area contributed by atoms with Crippen molar-refractivity contribution in [3.63, 3.8) is 0 Å². The average molecular weight is 402 g/mol. The fourth-order valence-corrected chi connectivity index (χ4v) is 3.35. The maximum Gasteiger partial charge on any atom is 0.255 e. The number of aliphatic hydroxyl groups is 1. The van der Waals surface area contributed by atoms with E-state index in [1.165, 1.54) is 6.20 Å². The first-order chi connectivity index (χ1) is 14.4. The van der Waals surface area contributed by atoms with Gasteiger partial charge in [0.25, 0.3) is 5.91 Å². The number of likely N-dealkylation sites (tertiary alicyclic amines) is 1. The quantitative estimate of drug-likeness (QED) is 0.594. The smallest absolute Gasteiger partial charge is 0.255 e. The van der Waals surface area contributed by atoms with Crippen molar-refractivity contribution in [3.05, 3.63) is 52.7 Å². The first-order valence-electron chi connectivity index (χ1n) is 9.76. The SMILES string of the molecule is Cc1nc2cnc(N)c(C#Cc3cncc(C(=O)N4CCC(O)CC4)c3)c2nc1C. The van der Waals surface area contributed by atoms with E-state index in [-0.39, 0.29) is 17.8 Å². The Labute approximate surface area is 174 Å².